The van der Waals surface area contributed by atoms with Gasteiger partial charge in [-0.15, -0.1) is 0 Å². The summed E-state index contributed by atoms with van der Waals surface area (Å²) < 4.78 is 0.513. The molecule has 29 heavy (non-hydrogen) atoms. The van der Waals surface area contributed by atoms with E-state index < -0.39 is 0 Å². The molecule has 3 N–H and O–H groups in total. The summed E-state index contributed by atoms with van der Waals surface area (Å²) in [5.74, 6) is -0.122. The van der Waals surface area contributed by atoms with E-state index in [4.69, 9.17) is 18.0 Å². The first-order valence-electron chi connectivity index (χ1n) is 10.0. The highest BCUT2D eigenvalue weighted by Crippen LogP contribution is 2.30. The minimum absolute atomic E-state index is 0.122. The summed E-state index contributed by atoms with van der Waals surface area (Å²) in [6.07, 6.45) is 5.11. The summed E-state index contributed by atoms with van der Waals surface area (Å²) in [5, 5.41) is 2.64. The molecule has 4 rings (SSSR count). The third kappa shape index (κ3) is 4.55. The van der Waals surface area contributed by atoms with Crippen LogP contribution in [-0.4, -0.2) is 28.9 Å². The molecule has 0 bridgehead atoms. The molecule has 2 aromatic carbocycles. The molecule has 0 aromatic heterocycles. The highest BCUT2D eigenvalue weighted by Gasteiger charge is 2.25. The second-order valence-electron chi connectivity index (χ2n) is 7.56. The molecular weight excluding hydrogens is 398 g/mol. The zero-order valence-corrected chi connectivity index (χ0v) is 18.1. The molecule has 2 heterocycles. The van der Waals surface area contributed by atoms with E-state index in [1.54, 1.807) is 0 Å². The lowest BCUT2D eigenvalue weighted by Gasteiger charge is -2.39. The van der Waals surface area contributed by atoms with Gasteiger partial charge in [-0.05, 0) is 54.2 Å². The fourth-order valence-corrected chi connectivity index (χ4v) is 5.04. The van der Waals surface area contributed by atoms with Crippen molar-refractivity contribution in [3.05, 3.63) is 59.0 Å². The smallest absolute Gasteiger partial charge is 0.263 e. The number of carbonyl (C=O) groups excluding carboxylic acids is 1. The topological polar surface area (TPSA) is 58.4 Å². The zero-order chi connectivity index (χ0) is 20.4. The molecule has 0 spiro atoms. The Hall–Kier alpha value is -2.15. The second kappa shape index (κ2) is 8.69. The van der Waals surface area contributed by atoms with Crippen molar-refractivity contribution in [2.45, 2.75) is 38.3 Å². The summed E-state index contributed by atoms with van der Waals surface area (Å²) in [7, 11) is 0. The predicted octanol–water partition coefficient (Wildman–Crippen LogP) is 4.55. The molecule has 2 atom stereocenters. The highest BCUT2D eigenvalue weighted by atomic mass is 32.2. The highest BCUT2D eigenvalue weighted by molar-refractivity contribution is 8.26. The first-order valence-corrected chi connectivity index (χ1v) is 11.2. The van der Waals surface area contributed by atoms with Crippen molar-refractivity contribution >= 4 is 46.0 Å². The van der Waals surface area contributed by atoms with Gasteiger partial charge in [0.15, 0.2) is 0 Å². The fraction of sp³-hybridized carbons (Fsp3) is 0.304. The zero-order valence-electron chi connectivity index (χ0n) is 16.4. The van der Waals surface area contributed by atoms with E-state index in [9.17, 15) is 4.79 Å². The lowest BCUT2D eigenvalue weighted by molar-refractivity contribution is -0.115. The molecule has 6 heteroatoms. The Morgan fingerprint density at radius 2 is 1.83 bits per heavy atom. The molecule has 0 radical (unpaired) electrons. The van der Waals surface area contributed by atoms with E-state index in [2.05, 4.69) is 53.5 Å². The van der Waals surface area contributed by atoms with Gasteiger partial charge in [0.2, 0.25) is 0 Å². The van der Waals surface area contributed by atoms with Crippen LogP contribution in [0.25, 0.3) is 17.2 Å². The van der Waals surface area contributed by atoms with E-state index in [-0.39, 0.29) is 5.91 Å². The molecule has 2 aliphatic rings. The number of nitrogens with zero attached hydrogens (tertiary/aromatic N) is 1. The normalized spacial score (nSPS) is 23.5. The van der Waals surface area contributed by atoms with Crippen molar-refractivity contribution in [1.82, 2.24) is 5.32 Å². The van der Waals surface area contributed by atoms with Crippen molar-refractivity contribution in [2.75, 3.05) is 11.4 Å². The van der Waals surface area contributed by atoms with Crippen LogP contribution in [0.15, 0.2) is 53.4 Å². The van der Waals surface area contributed by atoms with Crippen molar-refractivity contribution in [3.8, 4) is 11.1 Å². The Kier molecular flexibility index (Phi) is 6.04. The van der Waals surface area contributed by atoms with Crippen LogP contribution in [0.3, 0.4) is 0 Å². The Labute approximate surface area is 181 Å². The van der Waals surface area contributed by atoms with Crippen molar-refractivity contribution in [2.24, 2.45) is 5.73 Å². The number of thiocarbonyl (C=S) groups is 1. The number of anilines is 1. The number of nitrogens with one attached hydrogen (secondary N) is 1. The van der Waals surface area contributed by atoms with E-state index >= 15 is 0 Å². The van der Waals surface area contributed by atoms with Gasteiger partial charge in [-0.2, -0.15) is 0 Å². The van der Waals surface area contributed by atoms with Gasteiger partial charge in [0, 0.05) is 24.3 Å². The van der Waals surface area contributed by atoms with Gasteiger partial charge in [0.05, 0.1) is 4.91 Å². The molecule has 2 aliphatic heterocycles. The minimum atomic E-state index is -0.122. The molecule has 2 fully saturated rings. The van der Waals surface area contributed by atoms with Gasteiger partial charge in [0.25, 0.3) is 5.91 Å². The monoisotopic (exact) mass is 423 g/mol. The number of benzene rings is 2. The van der Waals surface area contributed by atoms with Crippen LogP contribution in [0, 0.1) is 0 Å². The molecule has 4 nitrogen and oxygen atoms in total. The maximum absolute atomic E-state index is 11.8. The SMILES string of the molecule is CCC1CC(N)CCN1c1ccc(-c2ccc(/C=C3\SC(=S)NC3=O)cc2)cc1. The molecule has 1 amide bonds. The first kappa shape index (κ1) is 20.1. The summed E-state index contributed by atoms with van der Waals surface area (Å²) in [4.78, 5) is 14.9. The van der Waals surface area contributed by atoms with Crippen LogP contribution in [0.2, 0.25) is 0 Å². The minimum Gasteiger partial charge on any atom is -0.368 e. The number of hydrogen-bond donors (Lipinski definition) is 2. The molecule has 2 unspecified atom stereocenters. The van der Waals surface area contributed by atoms with Gasteiger partial charge in [-0.25, -0.2) is 0 Å². The summed E-state index contributed by atoms with van der Waals surface area (Å²) >= 11 is 6.34. The Balaban J connectivity index is 1.49. The number of nitrogens with two attached hydrogens (primary N) is 1. The number of carbonyl (C=O) groups is 1. The van der Waals surface area contributed by atoms with E-state index in [1.165, 1.54) is 23.0 Å². The maximum Gasteiger partial charge on any atom is 0.263 e. The lowest BCUT2D eigenvalue weighted by atomic mass is 9.95. The second-order valence-corrected chi connectivity index (χ2v) is 9.28. The van der Waals surface area contributed by atoms with Gasteiger partial charge < -0.3 is 16.0 Å². The lowest BCUT2D eigenvalue weighted by Crippen LogP contribution is -2.46. The van der Waals surface area contributed by atoms with Crippen molar-refractivity contribution in [3.63, 3.8) is 0 Å². The number of hydrogen-bond acceptors (Lipinski definition) is 5. The molecule has 0 saturated carbocycles. The van der Waals surface area contributed by atoms with Crippen molar-refractivity contribution in [1.29, 1.82) is 0 Å². The first-order chi connectivity index (χ1) is 14.0. The predicted molar refractivity (Wildman–Crippen MR) is 127 cm³/mol. The van der Waals surface area contributed by atoms with Crippen LogP contribution >= 0.6 is 24.0 Å². The van der Waals surface area contributed by atoms with Gasteiger partial charge >= 0.3 is 0 Å². The largest absolute Gasteiger partial charge is 0.368 e. The average Bonchev–Trinajstić information content (AvgIpc) is 3.05. The van der Waals surface area contributed by atoms with Crippen LogP contribution in [0.1, 0.15) is 31.7 Å². The molecular formula is C23H25N3OS2. The van der Waals surface area contributed by atoms with Gasteiger partial charge in [-0.3, -0.25) is 4.79 Å². The quantitative estimate of drug-likeness (QED) is 0.558. The van der Waals surface area contributed by atoms with E-state index in [1.807, 2.05) is 18.2 Å². The molecule has 150 valence electrons. The number of thioether (sulfide) groups is 1. The summed E-state index contributed by atoms with van der Waals surface area (Å²) in [5.41, 5.74) is 10.8. The number of amides is 1. The average molecular weight is 424 g/mol. The van der Waals surface area contributed by atoms with Crippen molar-refractivity contribution < 1.29 is 4.79 Å². The summed E-state index contributed by atoms with van der Waals surface area (Å²) in [6, 6.07) is 17.9. The fourth-order valence-electron chi connectivity index (χ4n) is 4.00. The number of piperidine rings is 1. The summed E-state index contributed by atoms with van der Waals surface area (Å²) in [6.45, 7) is 3.26. The van der Waals surface area contributed by atoms with Crippen LogP contribution in [0.5, 0.6) is 0 Å². The maximum atomic E-state index is 11.8. The van der Waals surface area contributed by atoms with Crippen LogP contribution in [-0.2, 0) is 4.79 Å². The standard InChI is InChI=1S/C23H25N3OS2/c1-2-19-14-18(24)11-12-26(19)20-9-7-17(8-10-20)16-5-3-15(4-6-16)13-21-22(27)25-23(28)29-21/h3-10,13,18-19H,2,11-12,14,24H2,1H3,(H,25,27,28)/b21-13-. The third-order valence-corrected chi connectivity index (χ3v) is 6.77. The number of rotatable bonds is 4. The molecule has 2 saturated heterocycles. The van der Waals surface area contributed by atoms with Gasteiger partial charge in [0.1, 0.15) is 4.32 Å². The van der Waals surface area contributed by atoms with Crippen LogP contribution in [0.4, 0.5) is 5.69 Å². The Morgan fingerprint density at radius 3 is 2.41 bits per heavy atom. The van der Waals surface area contributed by atoms with Gasteiger partial charge in [-0.1, -0.05) is 67.3 Å². The van der Waals surface area contributed by atoms with E-state index in [0.717, 1.165) is 36.9 Å². The Bertz CT molecular complexity index is 938. The van der Waals surface area contributed by atoms with Crippen LogP contribution < -0.4 is 16.0 Å². The Morgan fingerprint density at radius 1 is 1.17 bits per heavy atom. The molecule has 0 aliphatic carbocycles. The molecule has 2 aromatic rings. The third-order valence-electron chi connectivity index (χ3n) is 5.61. The van der Waals surface area contributed by atoms with E-state index in [0.29, 0.717) is 21.3 Å².